The lowest BCUT2D eigenvalue weighted by molar-refractivity contribution is 0.0690. The molecule has 1 aromatic rings. The zero-order valence-electron chi connectivity index (χ0n) is 8.53. The molecule has 2 N–H and O–H groups in total. The number of nitrogens with zero attached hydrogens (tertiary/aromatic N) is 1. The molecular weight excluding hydrogens is 180 g/mol. The second-order valence-electron chi connectivity index (χ2n) is 3.49. The fraction of sp³-hybridized carbons (Fsp3) is 0.400. The highest BCUT2D eigenvalue weighted by molar-refractivity contribution is 5.86. The Balaban J connectivity index is 3.01. The Bertz CT molecular complexity index is 348. The van der Waals surface area contributed by atoms with Gasteiger partial charge in [-0.1, -0.05) is 0 Å². The van der Waals surface area contributed by atoms with Crippen molar-refractivity contribution in [3.63, 3.8) is 0 Å². The summed E-state index contributed by atoms with van der Waals surface area (Å²) in [6.07, 6.45) is 0. The number of rotatable bonds is 3. The zero-order chi connectivity index (χ0) is 10.7. The van der Waals surface area contributed by atoms with E-state index in [1.165, 1.54) is 6.07 Å². The van der Waals surface area contributed by atoms with Crippen molar-refractivity contribution in [1.82, 2.24) is 4.98 Å². The van der Waals surface area contributed by atoms with Gasteiger partial charge in [-0.25, -0.2) is 9.78 Å². The van der Waals surface area contributed by atoms with Crippen molar-refractivity contribution in [3.8, 4) is 0 Å². The Morgan fingerprint density at radius 1 is 1.50 bits per heavy atom. The Morgan fingerprint density at radius 3 is 2.64 bits per heavy atom. The molecule has 0 amide bonds. The van der Waals surface area contributed by atoms with Gasteiger partial charge in [-0.15, -0.1) is 0 Å². The molecule has 14 heavy (non-hydrogen) atoms. The van der Waals surface area contributed by atoms with Crippen molar-refractivity contribution < 1.29 is 9.90 Å². The molecule has 0 aliphatic heterocycles. The van der Waals surface area contributed by atoms with Gasteiger partial charge < -0.3 is 10.4 Å². The molecular formula is C10H14N2O2. The number of aryl methyl sites for hydroxylation is 1. The molecule has 0 aliphatic carbocycles. The standard InChI is InChI=1S/C10H14N2O2/c1-6(2)11-8-4-7(3)12-9(5-8)10(13)14/h4-6H,1-3H3,(H,11,12)(H,13,14). The van der Waals surface area contributed by atoms with Gasteiger partial charge in [0.1, 0.15) is 0 Å². The van der Waals surface area contributed by atoms with Gasteiger partial charge in [0, 0.05) is 17.4 Å². The number of aromatic nitrogens is 1. The molecule has 0 atom stereocenters. The second-order valence-corrected chi connectivity index (χ2v) is 3.49. The lowest BCUT2D eigenvalue weighted by Gasteiger charge is -2.10. The molecule has 76 valence electrons. The fourth-order valence-corrected chi connectivity index (χ4v) is 1.19. The van der Waals surface area contributed by atoms with Gasteiger partial charge >= 0.3 is 5.97 Å². The van der Waals surface area contributed by atoms with E-state index in [0.29, 0.717) is 5.69 Å². The fourth-order valence-electron chi connectivity index (χ4n) is 1.19. The molecule has 1 rings (SSSR count). The average molecular weight is 194 g/mol. The van der Waals surface area contributed by atoms with Crippen molar-refractivity contribution in [1.29, 1.82) is 0 Å². The number of carboxylic acids is 1. The van der Waals surface area contributed by atoms with Gasteiger partial charge in [-0.3, -0.25) is 0 Å². The molecule has 0 aliphatic rings. The third kappa shape index (κ3) is 2.73. The monoisotopic (exact) mass is 194 g/mol. The first-order valence-corrected chi connectivity index (χ1v) is 4.47. The minimum Gasteiger partial charge on any atom is -0.477 e. The van der Waals surface area contributed by atoms with Gasteiger partial charge in [0.2, 0.25) is 0 Å². The van der Waals surface area contributed by atoms with Gasteiger partial charge in [0.15, 0.2) is 5.69 Å². The minimum atomic E-state index is -1.000. The van der Waals surface area contributed by atoms with Crippen LogP contribution in [0.5, 0.6) is 0 Å². The Kier molecular flexibility index (Phi) is 3.06. The Hall–Kier alpha value is -1.58. The maximum absolute atomic E-state index is 10.7. The lowest BCUT2D eigenvalue weighted by Crippen LogP contribution is -2.11. The number of pyridine rings is 1. The van der Waals surface area contributed by atoms with E-state index in [-0.39, 0.29) is 11.7 Å². The van der Waals surface area contributed by atoms with Gasteiger partial charge in [0.05, 0.1) is 0 Å². The van der Waals surface area contributed by atoms with Crippen LogP contribution in [0.1, 0.15) is 30.0 Å². The molecule has 0 saturated heterocycles. The normalized spacial score (nSPS) is 10.3. The highest BCUT2D eigenvalue weighted by atomic mass is 16.4. The summed E-state index contributed by atoms with van der Waals surface area (Å²) in [5.74, 6) is -1.000. The third-order valence-electron chi connectivity index (χ3n) is 1.63. The van der Waals surface area contributed by atoms with Gasteiger partial charge in [-0.2, -0.15) is 0 Å². The van der Waals surface area contributed by atoms with E-state index in [2.05, 4.69) is 10.3 Å². The van der Waals surface area contributed by atoms with Crippen LogP contribution in [0.4, 0.5) is 5.69 Å². The van der Waals surface area contributed by atoms with E-state index >= 15 is 0 Å². The molecule has 4 nitrogen and oxygen atoms in total. The van der Waals surface area contributed by atoms with Crippen molar-refractivity contribution in [2.75, 3.05) is 5.32 Å². The molecule has 0 unspecified atom stereocenters. The largest absolute Gasteiger partial charge is 0.477 e. The molecule has 4 heteroatoms. The van der Waals surface area contributed by atoms with E-state index in [4.69, 9.17) is 5.11 Å². The van der Waals surface area contributed by atoms with Crippen LogP contribution in [0.15, 0.2) is 12.1 Å². The first-order valence-electron chi connectivity index (χ1n) is 4.47. The van der Waals surface area contributed by atoms with Gasteiger partial charge in [-0.05, 0) is 32.9 Å². The Morgan fingerprint density at radius 2 is 2.14 bits per heavy atom. The van der Waals surface area contributed by atoms with Crippen LogP contribution in [0, 0.1) is 6.92 Å². The number of carboxylic acid groups (broad SMARTS) is 1. The van der Waals surface area contributed by atoms with Crippen molar-refractivity contribution in [3.05, 3.63) is 23.5 Å². The van der Waals surface area contributed by atoms with E-state index in [1.54, 1.807) is 6.92 Å². The summed E-state index contributed by atoms with van der Waals surface area (Å²) in [5.41, 5.74) is 1.58. The summed E-state index contributed by atoms with van der Waals surface area (Å²) in [7, 11) is 0. The van der Waals surface area contributed by atoms with Crippen LogP contribution < -0.4 is 5.32 Å². The zero-order valence-corrected chi connectivity index (χ0v) is 8.53. The predicted molar refractivity (Wildman–Crippen MR) is 54.7 cm³/mol. The minimum absolute atomic E-state index is 0.0770. The van der Waals surface area contributed by atoms with Crippen LogP contribution >= 0.6 is 0 Å². The molecule has 0 bridgehead atoms. The van der Waals surface area contributed by atoms with Crippen LogP contribution in [-0.2, 0) is 0 Å². The smallest absolute Gasteiger partial charge is 0.354 e. The maximum Gasteiger partial charge on any atom is 0.354 e. The van der Waals surface area contributed by atoms with E-state index in [0.717, 1.165) is 5.69 Å². The number of carbonyl (C=O) groups is 1. The first-order chi connectivity index (χ1) is 6.49. The molecule has 0 radical (unpaired) electrons. The van der Waals surface area contributed by atoms with Crippen molar-refractivity contribution >= 4 is 11.7 Å². The predicted octanol–water partition coefficient (Wildman–Crippen LogP) is 1.91. The van der Waals surface area contributed by atoms with Crippen LogP contribution in [-0.4, -0.2) is 22.1 Å². The topological polar surface area (TPSA) is 62.2 Å². The second kappa shape index (κ2) is 4.09. The maximum atomic E-state index is 10.7. The number of aromatic carboxylic acids is 1. The Labute approximate surface area is 83.0 Å². The summed E-state index contributed by atoms with van der Waals surface area (Å²) in [6.45, 7) is 5.77. The summed E-state index contributed by atoms with van der Waals surface area (Å²) in [5, 5.41) is 11.9. The molecule has 0 saturated carbocycles. The molecule has 0 spiro atoms. The van der Waals surface area contributed by atoms with Crippen LogP contribution in [0.3, 0.4) is 0 Å². The summed E-state index contributed by atoms with van der Waals surface area (Å²) >= 11 is 0. The SMILES string of the molecule is Cc1cc(NC(C)C)cc(C(=O)O)n1. The molecule has 1 heterocycles. The van der Waals surface area contributed by atoms with Crippen molar-refractivity contribution in [2.45, 2.75) is 26.8 Å². The van der Waals surface area contributed by atoms with E-state index in [1.807, 2.05) is 19.9 Å². The number of hydrogen-bond donors (Lipinski definition) is 2. The third-order valence-corrected chi connectivity index (χ3v) is 1.63. The number of nitrogens with one attached hydrogen (secondary N) is 1. The molecule has 0 aromatic carbocycles. The first kappa shape index (κ1) is 10.5. The number of anilines is 1. The molecule has 0 fully saturated rings. The number of hydrogen-bond acceptors (Lipinski definition) is 3. The quantitative estimate of drug-likeness (QED) is 0.771. The summed E-state index contributed by atoms with van der Waals surface area (Å²) in [4.78, 5) is 14.6. The van der Waals surface area contributed by atoms with E-state index in [9.17, 15) is 4.79 Å². The van der Waals surface area contributed by atoms with Gasteiger partial charge in [0.25, 0.3) is 0 Å². The highest BCUT2D eigenvalue weighted by Crippen LogP contribution is 2.12. The summed E-state index contributed by atoms with van der Waals surface area (Å²) < 4.78 is 0. The lowest BCUT2D eigenvalue weighted by atomic mass is 10.2. The highest BCUT2D eigenvalue weighted by Gasteiger charge is 2.07. The van der Waals surface area contributed by atoms with Crippen molar-refractivity contribution in [2.24, 2.45) is 0 Å². The molecule has 1 aromatic heterocycles. The van der Waals surface area contributed by atoms with E-state index < -0.39 is 5.97 Å². The van der Waals surface area contributed by atoms with Crippen LogP contribution in [0.25, 0.3) is 0 Å². The van der Waals surface area contributed by atoms with Crippen LogP contribution in [0.2, 0.25) is 0 Å². The average Bonchev–Trinajstić information content (AvgIpc) is 2.01. The summed E-state index contributed by atoms with van der Waals surface area (Å²) in [6, 6.07) is 3.64.